The molecule has 0 heterocycles. The van der Waals surface area contributed by atoms with Gasteiger partial charge in [0.15, 0.2) is 0 Å². The molecule has 0 saturated carbocycles. The van der Waals surface area contributed by atoms with E-state index in [0.717, 1.165) is 17.4 Å². The van der Waals surface area contributed by atoms with Gasteiger partial charge in [0.25, 0.3) is 5.91 Å². The summed E-state index contributed by atoms with van der Waals surface area (Å²) in [6.07, 6.45) is 0.931. The van der Waals surface area contributed by atoms with E-state index in [1.54, 1.807) is 13.2 Å². The number of methoxy groups -OCH3 is 1. The SMILES string of the molecule is COc1ccc(Br)c(C(=O)NCCCN(C)C)c1. The summed E-state index contributed by atoms with van der Waals surface area (Å²) in [4.78, 5) is 14.1. The van der Waals surface area contributed by atoms with Crippen molar-refractivity contribution in [3.63, 3.8) is 0 Å². The lowest BCUT2D eigenvalue weighted by Crippen LogP contribution is -2.27. The van der Waals surface area contributed by atoms with Crippen LogP contribution in [-0.2, 0) is 0 Å². The lowest BCUT2D eigenvalue weighted by Gasteiger charge is -2.11. The Bertz CT molecular complexity index is 408. The zero-order valence-electron chi connectivity index (χ0n) is 11.0. The van der Waals surface area contributed by atoms with E-state index in [4.69, 9.17) is 4.74 Å². The molecule has 1 amide bonds. The standard InChI is InChI=1S/C13H19BrN2O2/c1-16(2)8-4-7-15-13(17)11-9-10(18-3)5-6-12(11)14/h5-6,9H,4,7-8H2,1-3H3,(H,15,17). The molecule has 1 aromatic rings. The van der Waals surface area contributed by atoms with Gasteiger partial charge in [0.1, 0.15) is 5.75 Å². The van der Waals surface area contributed by atoms with Crippen LogP contribution in [0.15, 0.2) is 22.7 Å². The van der Waals surface area contributed by atoms with Crippen LogP contribution >= 0.6 is 15.9 Å². The molecule has 1 aromatic carbocycles. The number of rotatable bonds is 6. The average molecular weight is 315 g/mol. The first-order chi connectivity index (χ1) is 8.54. The van der Waals surface area contributed by atoms with E-state index in [9.17, 15) is 4.79 Å². The van der Waals surface area contributed by atoms with Crippen molar-refractivity contribution >= 4 is 21.8 Å². The van der Waals surface area contributed by atoms with E-state index < -0.39 is 0 Å². The van der Waals surface area contributed by atoms with Crippen LogP contribution in [0.3, 0.4) is 0 Å². The van der Waals surface area contributed by atoms with Gasteiger partial charge in [-0.3, -0.25) is 4.79 Å². The highest BCUT2D eigenvalue weighted by Gasteiger charge is 2.10. The molecule has 5 heteroatoms. The molecule has 0 aliphatic rings. The Balaban J connectivity index is 2.55. The normalized spacial score (nSPS) is 10.5. The summed E-state index contributed by atoms with van der Waals surface area (Å²) < 4.78 is 5.88. The minimum Gasteiger partial charge on any atom is -0.497 e. The first-order valence-corrected chi connectivity index (χ1v) is 6.60. The minimum atomic E-state index is -0.0838. The number of hydrogen-bond acceptors (Lipinski definition) is 3. The second-order valence-corrected chi connectivity index (χ2v) is 5.11. The second-order valence-electron chi connectivity index (χ2n) is 4.26. The number of nitrogens with one attached hydrogen (secondary N) is 1. The summed E-state index contributed by atoms with van der Waals surface area (Å²) in [5.41, 5.74) is 0.596. The van der Waals surface area contributed by atoms with E-state index in [1.807, 2.05) is 26.2 Å². The molecule has 0 fully saturated rings. The van der Waals surface area contributed by atoms with Crippen LogP contribution in [0.25, 0.3) is 0 Å². The van der Waals surface area contributed by atoms with Gasteiger partial charge in [0, 0.05) is 11.0 Å². The van der Waals surface area contributed by atoms with Gasteiger partial charge in [-0.05, 0) is 61.2 Å². The molecule has 18 heavy (non-hydrogen) atoms. The molecule has 0 aromatic heterocycles. The van der Waals surface area contributed by atoms with Gasteiger partial charge < -0.3 is 15.0 Å². The second kappa shape index (κ2) is 7.38. The largest absolute Gasteiger partial charge is 0.497 e. The monoisotopic (exact) mass is 314 g/mol. The fourth-order valence-corrected chi connectivity index (χ4v) is 1.92. The molecule has 1 N–H and O–H groups in total. The van der Waals surface area contributed by atoms with E-state index in [1.165, 1.54) is 0 Å². The van der Waals surface area contributed by atoms with E-state index in [0.29, 0.717) is 17.9 Å². The molecule has 100 valence electrons. The molecule has 0 saturated heterocycles. The van der Waals surface area contributed by atoms with E-state index in [2.05, 4.69) is 26.1 Å². The maximum absolute atomic E-state index is 12.0. The van der Waals surface area contributed by atoms with Gasteiger partial charge in [0.2, 0.25) is 0 Å². The molecule has 0 atom stereocenters. The zero-order chi connectivity index (χ0) is 13.5. The highest BCUT2D eigenvalue weighted by atomic mass is 79.9. The Morgan fingerprint density at radius 1 is 1.44 bits per heavy atom. The van der Waals surface area contributed by atoms with E-state index >= 15 is 0 Å². The highest BCUT2D eigenvalue weighted by molar-refractivity contribution is 9.10. The molecule has 0 aliphatic heterocycles. The quantitative estimate of drug-likeness (QED) is 0.818. The molecule has 0 spiro atoms. The molecular weight excluding hydrogens is 296 g/mol. The fraction of sp³-hybridized carbons (Fsp3) is 0.462. The van der Waals surface area contributed by atoms with Crippen molar-refractivity contribution in [3.8, 4) is 5.75 Å². The third kappa shape index (κ3) is 4.66. The predicted molar refractivity (Wildman–Crippen MR) is 76.2 cm³/mol. The van der Waals surface area contributed by atoms with Gasteiger partial charge in [-0.1, -0.05) is 0 Å². The maximum Gasteiger partial charge on any atom is 0.252 e. The summed E-state index contributed by atoms with van der Waals surface area (Å²) in [7, 11) is 5.61. The Hall–Kier alpha value is -1.07. The van der Waals surface area contributed by atoms with Crippen LogP contribution in [0.5, 0.6) is 5.75 Å². The van der Waals surface area contributed by atoms with Crippen molar-refractivity contribution in [2.24, 2.45) is 0 Å². The van der Waals surface area contributed by atoms with Crippen LogP contribution in [0, 0.1) is 0 Å². The molecule has 1 rings (SSSR count). The van der Waals surface area contributed by atoms with Gasteiger partial charge in [-0.2, -0.15) is 0 Å². The Morgan fingerprint density at radius 2 is 2.17 bits per heavy atom. The average Bonchev–Trinajstić information content (AvgIpc) is 2.34. The molecular formula is C13H19BrN2O2. The predicted octanol–water partition coefficient (Wildman–Crippen LogP) is 2.14. The summed E-state index contributed by atoms with van der Waals surface area (Å²) in [6, 6.07) is 5.35. The molecule has 0 unspecified atom stereocenters. The molecule has 0 radical (unpaired) electrons. The summed E-state index contributed by atoms with van der Waals surface area (Å²) >= 11 is 3.37. The topological polar surface area (TPSA) is 41.6 Å². The number of amides is 1. The van der Waals surface area contributed by atoms with Crippen molar-refractivity contribution in [2.75, 3.05) is 34.3 Å². The maximum atomic E-state index is 12.0. The van der Waals surface area contributed by atoms with Crippen molar-refractivity contribution in [3.05, 3.63) is 28.2 Å². The van der Waals surface area contributed by atoms with Crippen molar-refractivity contribution in [2.45, 2.75) is 6.42 Å². The van der Waals surface area contributed by atoms with Crippen LogP contribution in [-0.4, -0.2) is 45.1 Å². The van der Waals surface area contributed by atoms with Gasteiger partial charge in [-0.25, -0.2) is 0 Å². The lowest BCUT2D eigenvalue weighted by molar-refractivity contribution is 0.0951. The van der Waals surface area contributed by atoms with Crippen molar-refractivity contribution in [1.29, 1.82) is 0 Å². The number of halogens is 1. The number of carbonyl (C=O) groups excluding carboxylic acids is 1. The number of carbonyl (C=O) groups is 1. The van der Waals surface area contributed by atoms with Crippen molar-refractivity contribution < 1.29 is 9.53 Å². The van der Waals surface area contributed by atoms with Crippen LogP contribution < -0.4 is 10.1 Å². The van der Waals surface area contributed by atoms with Gasteiger partial charge >= 0.3 is 0 Å². The Morgan fingerprint density at radius 3 is 2.78 bits per heavy atom. The van der Waals surface area contributed by atoms with Gasteiger partial charge in [-0.15, -0.1) is 0 Å². The molecule has 0 aliphatic carbocycles. The van der Waals surface area contributed by atoms with Crippen LogP contribution in [0.1, 0.15) is 16.8 Å². The number of benzene rings is 1. The lowest BCUT2D eigenvalue weighted by atomic mass is 10.2. The zero-order valence-corrected chi connectivity index (χ0v) is 12.6. The number of ether oxygens (including phenoxy) is 1. The Kier molecular flexibility index (Phi) is 6.15. The minimum absolute atomic E-state index is 0.0838. The number of nitrogens with zero attached hydrogens (tertiary/aromatic N) is 1. The first kappa shape index (κ1) is 15.0. The smallest absolute Gasteiger partial charge is 0.252 e. The van der Waals surface area contributed by atoms with Gasteiger partial charge in [0.05, 0.1) is 12.7 Å². The molecule has 0 bridgehead atoms. The summed E-state index contributed by atoms with van der Waals surface area (Å²) in [6.45, 7) is 1.63. The van der Waals surface area contributed by atoms with E-state index in [-0.39, 0.29) is 5.91 Å². The fourth-order valence-electron chi connectivity index (χ4n) is 1.50. The Labute approximate surface area is 116 Å². The first-order valence-electron chi connectivity index (χ1n) is 5.81. The summed E-state index contributed by atoms with van der Waals surface area (Å²) in [5.74, 6) is 0.594. The van der Waals surface area contributed by atoms with Crippen molar-refractivity contribution in [1.82, 2.24) is 10.2 Å². The van der Waals surface area contributed by atoms with Crippen LogP contribution in [0.4, 0.5) is 0 Å². The highest BCUT2D eigenvalue weighted by Crippen LogP contribution is 2.22. The summed E-state index contributed by atoms with van der Waals surface area (Å²) in [5, 5.41) is 2.90. The van der Waals surface area contributed by atoms with Crippen LogP contribution in [0.2, 0.25) is 0 Å². The number of hydrogen-bond donors (Lipinski definition) is 1. The molecule has 4 nitrogen and oxygen atoms in total. The third-order valence-corrected chi connectivity index (χ3v) is 3.18. The third-order valence-electron chi connectivity index (χ3n) is 2.49.